The molecule has 0 atom stereocenters. The van der Waals surface area contributed by atoms with Gasteiger partial charge < -0.3 is 18.3 Å². The summed E-state index contributed by atoms with van der Waals surface area (Å²) >= 11 is 0. The molecule has 0 N–H and O–H groups in total. The summed E-state index contributed by atoms with van der Waals surface area (Å²) in [6.45, 7) is 4.00. The summed E-state index contributed by atoms with van der Waals surface area (Å²) in [5.74, 6) is 2.16. The normalized spacial score (nSPS) is 10.7. The van der Waals surface area contributed by atoms with Crippen LogP contribution in [-0.4, -0.2) is 16.2 Å². The van der Waals surface area contributed by atoms with E-state index in [0.717, 1.165) is 16.9 Å². The van der Waals surface area contributed by atoms with Crippen molar-refractivity contribution in [3.63, 3.8) is 0 Å². The van der Waals surface area contributed by atoms with Crippen molar-refractivity contribution in [1.82, 2.24) is 10.2 Å². The molecule has 0 unspecified atom stereocenters. The van der Waals surface area contributed by atoms with Gasteiger partial charge in [0.25, 0.3) is 11.8 Å². The molecule has 2 aromatic heterocycles. The zero-order chi connectivity index (χ0) is 20.9. The van der Waals surface area contributed by atoms with Crippen LogP contribution < -0.4 is 4.74 Å². The highest BCUT2D eigenvalue weighted by atomic mass is 16.5. The monoisotopic (exact) mass is 404 g/mol. The third kappa shape index (κ3) is 4.57. The molecule has 7 heteroatoms. The number of furan rings is 1. The number of ether oxygens (including phenoxy) is 2. The van der Waals surface area contributed by atoms with Crippen molar-refractivity contribution in [3.8, 4) is 17.2 Å². The van der Waals surface area contributed by atoms with Crippen LogP contribution in [0.4, 0.5) is 0 Å². The predicted molar refractivity (Wildman–Crippen MR) is 108 cm³/mol. The Balaban J connectivity index is 1.31. The highest BCUT2D eigenvalue weighted by Crippen LogP contribution is 2.25. The van der Waals surface area contributed by atoms with E-state index < -0.39 is 5.97 Å². The first kappa shape index (κ1) is 19.4. The van der Waals surface area contributed by atoms with E-state index in [9.17, 15) is 4.79 Å². The third-order valence-corrected chi connectivity index (χ3v) is 4.40. The van der Waals surface area contributed by atoms with Crippen LogP contribution in [0.1, 0.15) is 33.3 Å². The number of rotatable bonds is 7. The third-order valence-electron chi connectivity index (χ3n) is 4.40. The Morgan fingerprint density at radius 1 is 0.933 bits per heavy atom. The van der Waals surface area contributed by atoms with Gasteiger partial charge in [-0.1, -0.05) is 30.3 Å². The van der Waals surface area contributed by atoms with Gasteiger partial charge in [-0.2, -0.15) is 0 Å². The highest BCUT2D eigenvalue weighted by molar-refractivity contribution is 5.89. The molecule has 152 valence electrons. The van der Waals surface area contributed by atoms with E-state index in [2.05, 4.69) is 10.2 Å². The lowest BCUT2D eigenvalue weighted by molar-refractivity contribution is 0.0438. The Morgan fingerprint density at radius 3 is 2.40 bits per heavy atom. The van der Waals surface area contributed by atoms with Crippen LogP contribution in [0.15, 0.2) is 69.5 Å². The number of nitrogens with zero attached hydrogens (tertiary/aromatic N) is 2. The highest BCUT2D eigenvalue weighted by Gasteiger charge is 2.16. The van der Waals surface area contributed by atoms with Gasteiger partial charge in [-0.25, -0.2) is 4.79 Å². The van der Waals surface area contributed by atoms with Crippen LogP contribution in [0.2, 0.25) is 0 Å². The molecule has 0 aliphatic heterocycles. The average Bonchev–Trinajstić information content (AvgIpc) is 3.37. The van der Waals surface area contributed by atoms with Crippen LogP contribution in [0.3, 0.4) is 0 Å². The summed E-state index contributed by atoms with van der Waals surface area (Å²) in [5.41, 5.74) is 2.20. The van der Waals surface area contributed by atoms with Gasteiger partial charge in [-0.05, 0) is 49.7 Å². The second-order valence-corrected chi connectivity index (χ2v) is 6.70. The standard InChI is InChI=1S/C23H20N2O5/c1-15-12-20(16(2)29-15)22-25-24-21(30-22)14-28-23(26)18-8-10-19(11-9-18)27-13-17-6-4-3-5-7-17/h3-12H,13-14H2,1-2H3. The summed E-state index contributed by atoms with van der Waals surface area (Å²) < 4.78 is 22.0. The maximum atomic E-state index is 12.3. The fraction of sp³-hybridized carbons (Fsp3) is 0.174. The maximum Gasteiger partial charge on any atom is 0.338 e. The molecule has 0 amide bonds. The molecule has 4 aromatic rings. The van der Waals surface area contributed by atoms with Gasteiger partial charge in [0.2, 0.25) is 0 Å². The first-order valence-corrected chi connectivity index (χ1v) is 9.42. The summed E-state index contributed by atoms with van der Waals surface area (Å²) in [4.78, 5) is 12.3. The van der Waals surface area contributed by atoms with Crippen LogP contribution in [0.5, 0.6) is 5.75 Å². The van der Waals surface area contributed by atoms with Crippen molar-refractivity contribution < 1.29 is 23.1 Å². The Morgan fingerprint density at radius 2 is 1.70 bits per heavy atom. The zero-order valence-electron chi connectivity index (χ0n) is 16.6. The van der Waals surface area contributed by atoms with E-state index in [1.807, 2.05) is 50.2 Å². The molecular formula is C23H20N2O5. The summed E-state index contributed by atoms with van der Waals surface area (Å²) in [5, 5.41) is 7.90. The Hall–Kier alpha value is -3.87. The average molecular weight is 404 g/mol. The van der Waals surface area contributed by atoms with Gasteiger partial charge in [0, 0.05) is 0 Å². The van der Waals surface area contributed by atoms with E-state index in [1.54, 1.807) is 24.3 Å². The number of carbonyl (C=O) groups is 1. The second kappa shape index (κ2) is 8.65. The van der Waals surface area contributed by atoms with Gasteiger partial charge in [-0.3, -0.25) is 0 Å². The number of hydrogen-bond acceptors (Lipinski definition) is 7. The lowest BCUT2D eigenvalue weighted by atomic mass is 10.2. The minimum Gasteiger partial charge on any atom is -0.489 e. The number of esters is 1. The van der Waals surface area contributed by atoms with Crippen molar-refractivity contribution in [2.24, 2.45) is 0 Å². The van der Waals surface area contributed by atoms with E-state index in [1.165, 1.54) is 0 Å². The van der Waals surface area contributed by atoms with Crippen LogP contribution in [0.25, 0.3) is 11.5 Å². The lowest BCUT2D eigenvalue weighted by Crippen LogP contribution is -2.05. The second-order valence-electron chi connectivity index (χ2n) is 6.70. The maximum absolute atomic E-state index is 12.3. The predicted octanol–water partition coefficient (Wildman–Crippen LogP) is 4.88. The fourth-order valence-corrected chi connectivity index (χ4v) is 2.90. The van der Waals surface area contributed by atoms with Crippen molar-refractivity contribution in [2.45, 2.75) is 27.1 Å². The Bertz CT molecular complexity index is 1130. The molecule has 0 saturated carbocycles. The summed E-state index contributed by atoms with van der Waals surface area (Å²) in [6, 6.07) is 18.4. The Labute approximate surface area is 173 Å². The molecule has 0 aliphatic rings. The zero-order valence-corrected chi connectivity index (χ0v) is 16.6. The van der Waals surface area contributed by atoms with Crippen molar-refractivity contribution in [1.29, 1.82) is 0 Å². The van der Waals surface area contributed by atoms with E-state index in [-0.39, 0.29) is 12.5 Å². The molecule has 7 nitrogen and oxygen atoms in total. The molecule has 0 aliphatic carbocycles. The summed E-state index contributed by atoms with van der Waals surface area (Å²) in [7, 11) is 0. The largest absolute Gasteiger partial charge is 0.489 e. The fourth-order valence-electron chi connectivity index (χ4n) is 2.90. The molecule has 0 bridgehead atoms. The Kier molecular flexibility index (Phi) is 5.61. The van der Waals surface area contributed by atoms with Gasteiger partial charge >= 0.3 is 5.97 Å². The topological polar surface area (TPSA) is 87.6 Å². The quantitative estimate of drug-likeness (QED) is 0.406. The van der Waals surface area contributed by atoms with Gasteiger partial charge in [0.1, 0.15) is 23.9 Å². The van der Waals surface area contributed by atoms with Gasteiger partial charge in [0.05, 0.1) is 11.1 Å². The van der Waals surface area contributed by atoms with Crippen molar-refractivity contribution >= 4 is 5.97 Å². The molecule has 0 spiro atoms. The van der Waals surface area contributed by atoms with Gasteiger partial charge in [0.15, 0.2) is 6.61 Å². The van der Waals surface area contributed by atoms with Crippen LogP contribution in [-0.2, 0) is 18.0 Å². The number of aryl methyl sites for hydroxylation is 2. The molecule has 2 heterocycles. The van der Waals surface area contributed by atoms with Crippen molar-refractivity contribution in [2.75, 3.05) is 0 Å². The number of hydrogen-bond donors (Lipinski definition) is 0. The molecule has 30 heavy (non-hydrogen) atoms. The molecule has 0 fully saturated rings. The molecule has 0 radical (unpaired) electrons. The van der Waals surface area contributed by atoms with E-state index >= 15 is 0 Å². The SMILES string of the molecule is Cc1cc(-c2nnc(COC(=O)c3ccc(OCc4ccccc4)cc3)o2)c(C)o1. The van der Waals surface area contributed by atoms with E-state index in [4.69, 9.17) is 18.3 Å². The van der Waals surface area contributed by atoms with Crippen molar-refractivity contribution in [3.05, 3.63) is 89.2 Å². The van der Waals surface area contributed by atoms with E-state index in [0.29, 0.717) is 29.6 Å². The number of carbonyl (C=O) groups excluding carboxylic acids is 1. The molecular weight excluding hydrogens is 384 g/mol. The lowest BCUT2D eigenvalue weighted by Gasteiger charge is -2.07. The molecule has 2 aromatic carbocycles. The minimum absolute atomic E-state index is 0.117. The summed E-state index contributed by atoms with van der Waals surface area (Å²) in [6.07, 6.45) is 0. The van der Waals surface area contributed by atoms with Crippen LogP contribution >= 0.6 is 0 Å². The smallest absolute Gasteiger partial charge is 0.338 e. The number of benzene rings is 2. The van der Waals surface area contributed by atoms with Crippen LogP contribution in [0, 0.1) is 13.8 Å². The first-order valence-electron chi connectivity index (χ1n) is 9.42. The molecule has 0 saturated heterocycles. The first-order chi connectivity index (χ1) is 14.6. The minimum atomic E-state index is -0.486. The van der Waals surface area contributed by atoms with Gasteiger partial charge in [-0.15, -0.1) is 10.2 Å². The number of aromatic nitrogens is 2. The molecule has 4 rings (SSSR count).